The van der Waals surface area contributed by atoms with Crippen LogP contribution < -0.4 is 10.6 Å². The molecule has 2 aliphatic heterocycles. The first-order valence-electron chi connectivity index (χ1n) is 10.1. The van der Waals surface area contributed by atoms with E-state index in [1.165, 1.54) is 24.3 Å². The number of hydrogen-bond acceptors (Lipinski definition) is 3. The van der Waals surface area contributed by atoms with Crippen molar-refractivity contribution < 1.29 is 23.5 Å². The first-order valence-corrected chi connectivity index (χ1v) is 10.9. The molecule has 1 spiro atoms. The van der Waals surface area contributed by atoms with Gasteiger partial charge < -0.3 is 10.4 Å². The zero-order valence-corrected chi connectivity index (χ0v) is 19.1. The number of fused-ring (bicyclic) bond motifs is 2. The first-order chi connectivity index (χ1) is 14.9. The van der Waals surface area contributed by atoms with E-state index in [1.807, 2.05) is 20.8 Å². The van der Waals surface area contributed by atoms with Crippen LogP contribution in [-0.2, 0) is 15.0 Å². The molecule has 1 saturated heterocycles. The summed E-state index contributed by atoms with van der Waals surface area (Å²) in [6.45, 7) is 5.84. The smallest absolute Gasteiger partial charge is 0.321 e. The Morgan fingerprint density at radius 2 is 1.88 bits per heavy atom. The number of hydrogen-bond donors (Lipinski definition) is 3. The molecule has 1 fully saturated rings. The molecule has 32 heavy (non-hydrogen) atoms. The fraction of sp³-hybridized carbons (Fsp3) is 0.391. The van der Waals surface area contributed by atoms with Crippen LogP contribution in [0.15, 0.2) is 30.3 Å². The number of anilines is 1. The average Bonchev–Trinajstić information content (AvgIpc) is 3.14. The summed E-state index contributed by atoms with van der Waals surface area (Å²) >= 11 is 12.0. The molecule has 0 radical (unpaired) electrons. The minimum Gasteiger partial charge on any atom is -0.480 e. The molecule has 3 N–H and O–H groups in total. The molecule has 5 nitrogen and oxygen atoms in total. The van der Waals surface area contributed by atoms with E-state index in [-0.39, 0.29) is 32.3 Å². The van der Waals surface area contributed by atoms with Gasteiger partial charge in [-0.3, -0.25) is 14.9 Å². The number of rotatable bonds is 3. The SMILES string of the molecule is CC(C)(C)C[C@@H]1N[C@@H](C(=O)O)[C@H](c2cccc(Cl)c2F)[C@]12C(=O)Nc1cc(Cl)c(F)cc12. The number of amides is 1. The van der Waals surface area contributed by atoms with Gasteiger partial charge in [0.2, 0.25) is 5.91 Å². The summed E-state index contributed by atoms with van der Waals surface area (Å²) in [6.07, 6.45) is 0.368. The maximum atomic E-state index is 15.3. The van der Waals surface area contributed by atoms with Gasteiger partial charge in [0.15, 0.2) is 0 Å². The fourth-order valence-corrected chi connectivity index (χ4v) is 5.50. The number of carboxylic acids is 1. The van der Waals surface area contributed by atoms with Crippen molar-refractivity contribution in [1.29, 1.82) is 0 Å². The minimum atomic E-state index is -1.59. The third-order valence-corrected chi connectivity index (χ3v) is 6.86. The van der Waals surface area contributed by atoms with Crippen LogP contribution in [0.5, 0.6) is 0 Å². The van der Waals surface area contributed by atoms with Gasteiger partial charge in [-0.15, -0.1) is 0 Å². The highest BCUT2D eigenvalue weighted by molar-refractivity contribution is 6.31. The summed E-state index contributed by atoms with van der Waals surface area (Å²) in [4.78, 5) is 26.0. The maximum Gasteiger partial charge on any atom is 0.321 e. The zero-order chi connectivity index (χ0) is 23.6. The average molecular weight is 483 g/mol. The molecule has 0 saturated carbocycles. The Kier molecular flexibility index (Phi) is 5.51. The second-order valence-electron chi connectivity index (χ2n) is 9.56. The van der Waals surface area contributed by atoms with Gasteiger partial charge in [0.25, 0.3) is 0 Å². The van der Waals surface area contributed by atoms with Crippen molar-refractivity contribution in [2.75, 3.05) is 5.32 Å². The molecule has 4 rings (SSSR count). The van der Waals surface area contributed by atoms with E-state index in [2.05, 4.69) is 10.6 Å². The van der Waals surface area contributed by atoms with Gasteiger partial charge in [-0.25, -0.2) is 8.78 Å². The molecule has 2 aromatic carbocycles. The molecule has 1 amide bonds. The van der Waals surface area contributed by atoms with Crippen molar-refractivity contribution in [2.24, 2.45) is 5.41 Å². The van der Waals surface area contributed by atoms with Gasteiger partial charge >= 0.3 is 5.97 Å². The summed E-state index contributed by atoms with van der Waals surface area (Å²) < 4.78 is 29.9. The van der Waals surface area contributed by atoms with Crippen LogP contribution in [0.1, 0.15) is 44.2 Å². The molecule has 2 aliphatic rings. The third-order valence-electron chi connectivity index (χ3n) is 6.28. The normalized spacial score (nSPS) is 27.0. The molecule has 0 aromatic heterocycles. The lowest BCUT2D eigenvalue weighted by molar-refractivity contribution is -0.139. The van der Waals surface area contributed by atoms with Crippen LogP contribution in [0.25, 0.3) is 0 Å². The van der Waals surface area contributed by atoms with Gasteiger partial charge in [-0.1, -0.05) is 56.1 Å². The molecule has 0 unspecified atom stereocenters. The van der Waals surface area contributed by atoms with Crippen LogP contribution in [0.4, 0.5) is 14.5 Å². The van der Waals surface area contributed by atoms with Crippen LogP contribution in [0.2, 0.25) is 10.0 Å². The highest BCUT2D eigenvalue weighted by Gasteiger charge is 2.66. The lowest BCUT2D eigenvalue weighted by Gasteiger charge is -2.37. The summed E-state index contributed by atoms with van der Waals surface area (Å²) in [7, 11) is 0. The second-order valence-corrected chi connectivity index (χ2v) is 10.4. The van der Waals surface area contributed by atoms with E-state index in [0.29, 0.717) is 6.42 Å². The summed E-state index contributed by atoms with van der Waals surface area (Å²) in [5.74, 6) is -4.53. The maximum absolute atomic E-state index is 15.3. The Balaban J connectivity index is 2.06. The lowest BCUT2D eigenvalue weighted by Crippen LogP contribution is -2.49. The number of aliphatic carboxylic acids is 1. The Morgan fingerprint density at radius 1 is 1.19 bits per heavy atom. The van der Waals surface area contributed by atoms with E-state index < -0.39 is 46.9 Å². The molecular formula is C23H22Cl2F2N2O3. The van der Waals surface area contributed by atoms with Crippen LogP contribution >= 0.6 is 23.2 Å². The van der Waals surface area contributed by atoms with E-state index in [0.717, 1.165) is 6.07 Å². The van der Waals surface area contributed by atoms with E-state index in [1.54, 1.807) is 0 Å². The van der Waals surface area contributed by atoms with Crippen molar-refractivity contribution in [3.63, 3.8) is 0 Å². The monoisotopic (exact) mass is 482 g/mol. The highest BCUT2D eigenvalue weighted by Crippen LogP contribution is 2.57. The number of nitrogens with one attached hydrogen (secondary N) is 2. The molecule has 170 valence electrons. The van der Waals surface area contributed by atoms with Gasteiger partial charge in [0.05, 0.1) is 10.0 Å². The topological polar surface area (TPSA) is 78.4 Å². The molecule has 0 bridgehead atoms. The van der Waals surface area contributed by atoms with Crippen molar-refractivity contribution >= 4 is 40.8 Å². The lowest BCUT2D eigenvalue weighted by atomic mass is 9.62. The largest absolute Gasteiger partial charge is 0.480 e. The van der Waals surface area contributed by atoms with Crippen LogP contribution in [0, 0.1) is 17.0 Å². The number of halogens is 4. The van der Waals surface area contributed by atoms with Gasteiger partial charge in [0, 0.05) is 17.6 Å². The van der Waals surface area contributed by atoms with Crippen LogP contribution in [-0.4, -0.2) is 29.1 Å². The van der Waals surface area contributed by atoms with Gasteiger partial charge in [-0.2, -0.15) is 0 Å². The fourth-order valence-electron chi connectivity index (χ4n) is 5.15. The summed E-state index contributed by atoms with van der Waals surface area (Å²) in [6, 6.07) is 4.67. The van der Waals surface area contributed by atoms with Crippen LogP contribution in [0.3, 0.4) is 0 Å². The highest BCUT2D eigenvalue weighted by atomic mass is 35.5. The zero-order valence-electron chi connectivity index (χ0n) is 17.6. The Labute approximate surface area is 194 Å². The molecule has 2 heterocycles. The Hall–Kier alpha value is -2.22. The van der Waals surface area contributed by atoms with E-state index in [4.69, 9.17) is 23.2 Å². The van der Waals surface area contributed by atoms with E-state index >= 15 is 4.39 Å². The molecular weight excluding hydrogens is 461 g/mol. The van der Waals surface area contributed by atoms with Crippen molar-refractivity contribution in [3.8, 4) is 0 Å². The van der Waals surface area contributed by atoms with Gasteiger partial charge in [-0.05, 0) is 41.2 Å². The van der Waals surface area contributed by atoms with Gasteiger partial charge in [0.1, 0.15) is 23.1 Å². The Bertz CT molecular complexity index is 1130. The predicted molar refractivity (Wildman–Crippen MR) is 118 cm³/mol. The quantitative estimate of drug-likeness (QED) is 0.568. The standard InChI is InChI=1S/C23H22Cl2F2N2O3/c1-22(2,3)9-16-23(11-7-14(26)13(25)8-15(11)28-21(23)32)17(19(29-16)20(30)31)10-5-4-6-12(24)18(10)27/h4-8,16-17,19,29H,9H2,1-3H3,(H,28,32)(H,30,31)/t16-,17-,19+,23+/m0/s1. The second kappa shape index (κ2) is 7.68. The minimum absolute atomic E-state index is 0.0211. The summed E-state index contributed by atoms with van der Waals surface area (Å²) in [5.41, 5.74) is -1.42. The molecule has 2 aromatic rings. The number of benzene rings is 2. The molecule has 0 aliphatic carbocycles. The van der Waals surface area contributed by atoms with Crippen molar-refractivity contribution in [2.45, 2.75) is 50.6 Å². The third kappa shape index (κ3) is 3.38. The number of carboxylic acid groups (broad SMARTS) is 1. The number of carbonyl (C=O) groups is 2. The Morgan fingerprint density at radius 3 is 2.50 bits per heavy atom. The van der Waals surface area contributed by atoms with E-state index in [9.17, 15) is 19.1 Å². The van der Waals surface area contributed by atoms with Crippen molar-refractivity contribution in [1.82, 2.24) is 5.32 Å². The predicted octanol–water partition coefficient (Wildman–Crippen LogP) is 5.11. The van der Waals surface area contributed by atoms with Crippen molar-refractivity contribution in [3.05, 3.63) is 63.1 Å². The summed E-state index contributed by atoms with van der Waals surface area (Å²) in [5, 5.41) is 15.5. The number of carbonyl (C=O) groups excluding carboxylic acids is 1. The first kappa shape index (κ1) is 23.0. The molecule has 9 heteroatoms. The molecule has 4 atom stereocenters.